The lowest BCUT2D eigenvalue weighted by molar-refractivity contribution is -0.120. The number of nitrogens with one attached hydrogen (secondary N) is 2. The van der Waals surface area contributed by atoms with Gasteiger partial charge in [0.05, 0.1) is 23.1 Å². The van der Waals surface area contributed by atoms with Gasteiger partial charge in [0, 0.05) is 20.6 Å². The Morgan fingerprint density at radius 2 is 1.82 bits per heavy atom. The van der Waals surface area contributed by atoms with Crippen LogP contribution in [-0.4, -0.2) is 27.6 Å². The summed E-state index contributed by atoms with van der Waals surface area (Å²) in [5.74, 6) is 0.260. The van der Waals surface area contributed by atoms with E-state index in [4.69, 9.17) is 4.74 Å². The Hall–Kier alpha value is -3.55. The summed E-state index contributed by atoms with van der Waals surface area (Å²) in [5, 5.41) is 5.62. The van der Waals surface area contributed by atoms with Crippen LogP contribution in [0.3, 0.4) is 0 Å². The fourth-order valence-electron chi connectivity index (χ4n) is 3.35. The quantitative estimate of drug-likeness (QED) is 0.708. The Bertz CT molecular complexity index is 1160. The zero-order valence-electron chi connectivity index (χ0n) is 15.6. The van der Waals surface area contributed by atoms with E-state index in [0.29, 0.717) is 18.0 Å². The number of anilines is 1. The second-order valence-electron chi connectivity index (χ2n) is 6.84. The maximum atomic E-state index is 12.3. The van der Waals surface area contributed by atoms with E-state index in [-0.39, 0.29) is 30.5 Å². The molecular formula is C20H20N4O4. The fourth-order valence-corrected chi connectivity index (χ4v) is 3.35. The van der Waals surface area contributed by atoms with Gasteiger partial charge >= 0.3 is 5.69 Å². The highest BCUT2D eigenvalue weighted by atomic mass is 16.5. The molecule has 2 amide bonds. The molecule has 28 heavy (non-hydrogen) atoms. The number of aryl methyl sites for hydroxylation is 2. The average molecular weight is 380 g/mol. The van der Waals surface area contributed by atoms with E-state index in [1.54, 1.807) is 35.4 Å². The first-order chi connectivity index (χ1) is 13.4. The van der Waals surface area contributed by atoms with Crippen molar-refractivity contribution >= 4 is 28.5 Å². The Balaban J connectivity index is 1.43. The summed E-state index contributed by atoms with van der Waals surface area (Å²) in [6.07, 6.45) is 0.190. The summed E-state index contributed by atoms with van der Waals surface area (Å²) in [7, 11) is 3.46. The van der Waals surface area contributed by atoms with Crippen molar-refractivity contribution in [1.82, 2.24) is 14.5 Å². The average Bonchev–Trinajstić information content (AvgIpc) is 2.90. The molecule has 144 valence electrons. The van der Waals surface area contributed by atoms with E-state index in [1.165, 1.54) is 0 Å². The van der Waals surface area contributed by atoms with Crippen LogP contribution < -0.4 is 21.1 Å². The van der Waals surface area contributed by atoms with Gasteiger partial charge in [-0.3, -0.25) is 18.7 Å². The topological polar surface area (TPSA) is 94.4 Å². The maximum Gasteiger partial charge on any atom is 0.328 e. The van der Waals surface area contributed by atoms with Gasteiger partial charge in [0.1, 0.15) is 5.75 Å². The molecule has 1 aliphatic rings. The van der Waals surface area contributed by atoms with Crippen LogP contribution >= 0.6 is 0 Å². The molecule has 0 spiro atoms. The number of imidazole rings is 1. The van der Waals surface area contributed by atoms with Crippen molar-refractivity contribution in [2.24, 2.45) is 14.1 Å². The van der Waals surface area contributed by atoms with E-state index in [2.05, 4.69) is 10.6 Å². The minimum atomic E-state index is -0.209. The minimum absolute atomic E-state index is 0.00415. The van der Waals surface area contributed by atoms with Gasteiger partial charge in [-0.15, -0.1) is 0 Å². The molecule has 4 rings (SSSR count). The molecule has 0 atom stereocenters. The van der Waals surface area contributed by atoms with Gasteiger partial charge in [-0.25, -0.2) is 4.79 Å². The molecule has 2 heterocycles. The van der Waals surface area contributed by atoms with Crippen molar-refractivity contribution in [2.75, 3.05) is 11.9 Å². The maximum absolute atomic E-state index is 12.3. The highest BCUT2D eigenvalue weighted by Gasteiger charge is 2.16. The molecule has 0 aliphatic carbocycles. The monoisotopic (exact) mass is 380 g/mol. The number of carbonyl (C=O) groups excluding carboxylic acids is 2. The van der Waals surface area contributed by atoms with Gasteiger partial charge in [0.2, 0.25) is 5.91 Å². The number of aromatic nitrogens is 2. The summed E-state index contributed by atoms with van der Waals surface area (Å²) in [6.45, 7) is 0.368. The van der Waals surface area contributed by atoms with Crippen LogP contribution in [0.4, 0.5) is 5.69 Å². The number of nitrogens with zero attached hydrogens (tertiary/aromatic N) is 2. The van der Waals surface area contributed by atoms with Crippen LogP contribution in [-0.2, 0) is 36.6 Å². The van der Waals surface area contributed by atoms with E-state index in [1.807, 2.05) is 24.3 Å². The lowest BCUT2D eigenvalue weighted by Gasteiger charge is -2.18. The lowest BCUT2D eigenvalue weighted by Crippen LogP contribution is -2.26. The number of benzene rings is 2. The van der Waals surface area contributed by atoms with Gasteiger partial charge in [0.25, 0.3) is 5.91 Å². The van der Waals surface area contributed by atoms with Crippen LogP contribution in [0.25, 0.3) is 11.0 Å². The normalized spacial score (nSPS) is 13.0. The van der Waals surface area contributed by atoms with Crippen LogP contribution in [0.2, 0.25) is 0 Å². The van der Waals surface area contributed by atoms with Crippen molar-refractivity contribution in [3.05, 3.63) is 58.0 Å². The van der Waals surface area contributed by atoms with Crippen molar-refractivity contribution in [2.45, 2.75) is 13.0 Å². The molecule has 1 aliphatic heterocycles. The molecular weight excluding hydrogens is 360 g/mol. The summed E-state index contributed by atoms with van der Waals surface area (Å²) in [6, 6.07) is 11.0. The third-order valence-corrected chi connectivity index (χ3v) is 4.87. The Labute approximate surface area is 160 Å². The van der Waals surface area contributed by atoms with Crippen LogP contribution in [0.1, 0.15) is 11.1 Å². The van der Waals surface area contributed by atoms with Crippen LogP contribution in [0.15, 0.2) is 41.2 Å². The Kier molecular flexibility index (Phi) is 4.38. The van der Waals surface area contributed by atoms with Gasteiger partial charge < -0.3 is 15.4 Å². The third-order valence-electron chi connectivity index (χ3n) is 4.87. The molecule has 3 aromatic rings. The van der Waals surface area contributed by atoms with Crippen LogP contribution in [0, 0.1) is 0 Å². The Morgan fingerprint density at radius 3 is 2.64 bits per heavy atom. The third kappa shape index (κ3) is 3.24. The van der Waals surface area contributed by atoms with E-state index < -0.39 is 0 Å². The molecule has 0 unspecified atom stereocenters. The zero-order valence-corrected chi connectivity index (χ0v) is 15.6. The number of fused-ring (bicyclic) bond motifs is 2. The molecule has 0 bridgehead atoms. The second-order valence-corrected chi connectivity index (χ2v) is 6.84. The first kappa shape index (κ1) is 17.8. The summed E-state index contributed by atoms with van der Waals surface area (Å²) < 4.78 is 8.50. The summed E-state index contributed by atoms with van der Waals surface area (Å²) in [5.41, 5.74) is 3.86. The molecule has 2 aromatic carbocycles. The van der Waals surface area contributed by atoms with Crippen molar-refractivity contribution < 1.29 is 14.3 Å². The number of hydrogen-bond acceptors (Lipinski definition) is 4. The highest BCUT2D eigenvalue weighted by Crippen LogP contribution is 2.28. The standard InChI is InChI=1S/C20H20N4O4/c1-23-15-5-3-13(8-16(15)24(2)20(23)27)10-21-18(25)9-12-4-6-17-14(7-12)22-19(26)11-28-17/h3-8H,9-11H2,1-2H3,(H,21,25)(H,22,26). The number of hydrogen-bond donors (Lipinski definition) is 2. The van der Waals surface area contributed by atoms with E-state index in [9.17, 15) is 14.4 Å². The van der Waals surface area contributed by atoms with Gasteiger partial charge in [0.15, 0.2) is 6.61 Å². The molecule has 0 fully saturated rings. The minimum Gasteiger partial charge on any atom is -0.482 e. The molecule has 8 nitrogen and oxygen atoms in total. The summed E-state index contributed by atoms with van der Waals surface area (Å²) in [4.78, 5) is 35.8. The van der Waals surface area contributed by atoms with Crippen molar-refractivity contribution in [3.8, 4) is 5.75 Å². The predicted octanol–water partition coefficient (Wildman–Crippen LogP) is 1.07. The number of rotatable bonds is 4. The van der Waals surface area contributed by atoms with Gasteiger partial charge in [-0.2, -0.15) is 0 Å². The predicted molar refractivity (Wildman–Crippen MR) is 104 cm³/mol. The molecule has 0 radical (unpaired) electrons. The van der Waals surface area contributed by atoms with Crippen molar-refractivity contribution in [3.63, 3.8) is 0 Å². The molecule has 0 saturated heterocycles. The smallest absolute Gasteiger partial charge is 0.328 e. The largest absolute Gasteiger partial charge is 0.482 e. The Morgan fingerprint density at radius 1 is 1.07 bits per heavy atom. The van der Waals surface area contributed by atoms with E-state index >= 15 is 0 Å². The first-order valence-corrected chi connectivity index (χ1v) is 8.89. The lowest BCUT2D eigenvalue weighted by atomic mass is 10.1. The van der Waals surface area contributed by atoms with Crippen LogP contribution in [0.5, 0.6) is 5.75 Å². The number of ether oxygens (including phenoxy) is 1. The SMILES string of the molecule is Cn1c(=O)n(C)c2cc(CNC(=O)Cc3ccc4c(c3)NC(=O)CO4)ccc21. The molecule has 0 saturated carbocycles. The van der Waals surface area contributed by atoms with Gasteiger partial charge in [-0.1, -0.05) is 12.1 Å². The zero-order chi connectivity index (χ0) is 19.8. The molecule has 1 aromatic heterocycles. The number of carbonyl (C=O) groups is 2. The molecule has 2 N–H and O–H groups in total. The number of amides is 2. The van der Waals surface area contributed by atoms with E-state index in [0.717, 1.165) is 22.2 Å². The van der Waals surface area contributed by atoms with Gasteiger partial charge in [-0.05, 0) is 35.4 Å². The molecule has 8 heteroatoms. The fraction of sp³-hybridized carbons (Fsp3) is 0.250. The van der Waals surface area contributed by atoms with Crippen molar-refractivity contribution in [1.29, 1.82) is 0 Å². The summed E-state index contributed by atoms with van der Waals surface area (Å²) >= 11 is 0. The first-order valence-electron chi connectivity index (χ1n) is 8.89. The second kappa shape index (κ2) is 6.88. The highest BCUT2D eigenvalue weighted by molar-refractivity contribution is 5.95.